The zero-order valence-corrected chi connectivity index (χ0v) is 13.9. The van der Waals surface area contributed by atoms with E-state index in [1.165, 1.54) is 0 Å². The molecule has 2 rings (SSSR count). The molecule has 0 spiro atoms. The molecule has 1 saturated heterocycles. The second-order valence-electron chi connectivity index (χ2n) is 5.41. The van der Waals surface area contributed by atoms with E-state index in [-0.39, 0.29) is 6.04 Å². The van der Waals surface area contributed by atoms with Gasteiger partial charge < -0.3 is 14.8 Å². The molecule has 0 amide bonds. The molecule has 1 heterocycles. The second-order valence-corrected chi connectivity index (χ2v) is 6.25. The van der Waals surface area contributed by atoms with Gasteiger partial charge in [-0.15, -0.1) is 0 Å². The molecule has 0 radical (unpaired) electrons. The summed E-state index contributed by atoms with van der Waals surface area (Å²) in [6.07, 6.45) is 3.58. The molecule has 1 aromatic rings. The Kier molecular flexibility index (Phi) is 7.27. The summed E-state index contributed by atoms with van der Waals surface area (Å²) < 4.78 is 11.1. The second kappa shape index (κ2) is 8.96. The normalized spacial score (nSPS) is 19.9. The number of rotatable bonds is 8. The summed E-state index contributed by atoms with van der Waals surface area (Å²) in [5.41, 5.74) is 1.07. The molecule has 0 bridgehead atoms. The van der Waals surface area contributed by atoms with Crippen LogP contribution < -0.4 is 5.32 Å². The Bertz CT molecular complexity index is 436. The average Bonchev–Trinajstić information content (AvgIpc) is 2.95. The maximum atomic E-state index is 6.20. The number of hydrogen-bond acceptors (Lipinski definition) is 3. The van der Waals surface area contributed by atoms with Crippen LogP contribution in [-0.2, 0) is 9.47 Å². The van der Waals surface area contributed by atoms with Gasteiger partial charge in [-0.2, -0.15) is 0 Å². The molecular weight excluding hydrogens is 309 g/mol. The van der Waals surface area contributed by atoms with Crippen molar-refractivity contribution in [1.29, 1.82) is 0 Å². The Morgan fingerprint density at radius 1 is 1.43 bits per heavy atom. The van der Waals surface area contributed by atoms with Crippen LogP contribution in [0, 0.1) is 0 Å². The fraction of sp³-hybridized carbons (Fsp3) is 0.625. The van der Waals surface area contributed by atoms with E-state index in [0.29, 0.717) is 16.1 Å². The Hall–Kier alpha value is -0.320. The molecule has 3 nitrogen and oxygen atoms in total. The molecule has 0 aliphatic carbocycles. The van der Waals surface area contributed by atoms with Crippen LogP contribution >= 0.6 is 23.2 Å². The van der Waals surface area contributed by atoms with Gasteiger partial charge in [0.1, 0.15) is 0 Å². The Labute approximate surface area is 136 Å². The van der Waals surface area contributed by atoms with E-state index in [9.17, 15) is 0 Å². The van der Waals surface area contributed by atoms with Crippen molar-refractivity contribution in [2.24, 2.45) is 0 Å². The first-order chi connectivity index (χ1) is 10.2. The van der Waals surface area contributed by atoms with Crippen LogP contribution in [-0.4, -0.2) is 32.5 Å². The zero-order valence-electron chi connectivity index (χ0n) is 12.4. The molecule has 2 unspecified atom stereocenters. The average molecular weight is 332 g/mol. The van der Waals surface area contributed by atoms with E-state index in [4.69, 9.17) is 32.7 Å². The molecule has 1 fully saturated rings. The topological polar surface area (TPSA) is 30.5 Å². The SMILES string of the molecule is CC(NCCCOCC1CCCO1)c1ccc(Cl)cc1Cl. The number of benzene rings is 1. The third-order valence-corrected chi connectivity index (χ3v) is 4.24. The van der Waals surface area contributed by atoms with Gasteiger partial charge >= 0.3 is 0 Å². The van der Waals surface area contributed by atoms with Crippen LogP contribution in [0.25, 0.3) is 0 Å². The van der Waals surface area contributed by atoms with Gasteiger partial charge in [0.05, 0.1) is 12.7 Å². The quantitative estimate of drug-likeness (QED) is 0.723. The number of nitrogens with one attached hydrogen (secondary N) is 1. The van der Waals surface area contributed by atoms with Gasteiger partial charge in [-0.05, 0) is 50.4 Å². The number of halogens is 2. The molecule has 2 atom stereocenters. The molecule has 1 aromatic carbocycles. The van der Waals surface area contributed by atoms with E-state index < -0.39 is 0 Å². The van der Waals surface area contributed by atoms with Gasteiger partial charge in [-0.3, -0.25) is 0 Å². The van der Waals surface area contributed by atoms with Crippen molar-refractivity contribution < 1.29 is 9.47 Å². The monoisotopic (exact) mass is 331 g/mol. The molecular formula is C16H23Cl2NO2. The van der Waals surface area contributed by atoms with Crippen LogP contribution in [0.15, 0.2) is 18.2 Å². The molecule has 5 heteroatoms. The summed E-state index contributed by atoms with van der Waals surface area (Å²) in [5.74, 6) is 0. The summed E-state index contributed by atoms with van der Waals surface area (Å²) in [6.45, 7) is 5.36. The smallest absolute Gasteiger partial charge is 0.0809 e. The summed E-state index contributed by atoms with van der Waals surface area (Å²) in [6, 6.07) is 5.82. The van der Waals surface area contributed by atoms with E-state index in [1.807, 2.05) is 12.1 Å². The van der Waals surface area contributed by atoms with Gasteiger partial charge in [-0.1, -0.05) is 29.3 Å². The van der Waals surface area contributed by atoms with Crippen molar-refractivity contribution in [1.82, 2.24) is 5.32 Å². The standard InChI is InChI=1S/C16H23Cl2NO2/c1-12(15-6-5-13(17)10-16(15)18)19-7-3-8-20-11-14-4-2-9-21-14/h5-6,10,12,14,19H,2-4,7-9,11H2,1H3. The summed E-state index contributed by atoms with van der Waals surface area (Å²) >= 11 is 12.1. The maximum absolute atomic E-state index is 6.20. The minimum atomic E-state index is 0.202. The third-order valence-electron chi connectivity index (χ3n) is 3.67. The molecule has 0 aromatic heterocycles. The molecule has 1 aliphatic heterocycles. The van der Waals surface area contributed by atoms with Gasteiger partial charge in [0.2, 0.25) is 0 Å². The lowest BCUT2D eigenvalue weighted by Crippen LogP contribution is -2.22. The van der Waals surface area contributed by atoms with Crippen molar-refractivity contribution in [3.05, 3.63) is 33.8 Å². The highest BCUT2D eigenvalue weighted by Gasteiger charge is 2.15. The Morgan fingerprint density at radius 2 is 2.29 bits per heavy atom. The van der Waals surface area contributed by atoms with Gasteiger partial charge in [-0.25, -0.2) is 0 Å². The van der Waals surface area contributed by atoms with Gasteiger partial charge in [0.25, 0.3) is 0 Å². The summed E-state index contributed by atoms with van der Waals surface area (Å²) in [4.78, 5) is 0. The largest absolute Gasteiger partial charge is 0.379 e. The van der Waals surface area contributed by atoms with E-state index in [0.717, 1.165) is 51.2 Å². The highest BCUT2D eigenvalue weighted by atomic mass is 35.5. The zero-order chi connectivity index (χ0) is 15.1. The minimum Gasteiger partial charge on any atom is -0.379 e. The van der Waals surface area contributed by atoms with Crippen molar-refractivity contribution in [3.8, 4) is 0 Å². The molecule has 0 saturated carbocycles. The van der Waals surface area contributed by atoms with Gasteiger partial charge in [0, 0.05) is 29.3 Å². The van der Waals surface area contributed by atoms with Crippen LogP contribution in [0.2, 0.25) is 10.0 Å². The first-order valence-electron chi connectivity index (χ1n) is 7.54. The van der Waals surface area contributed by atoms with Crippen LogP contribution in [0.1, 0.15) is 37.8 Å². The van der Waals surface area contributed by atoms with E-state index >= 15 is 0 Å². The van der Waals surface area contributed by atoms with Crippen LogP contribution in [0.5, 0.6) is 0 Å². The Morgan fingerprint density at radius 3 is 3.00 bits per heavy atom. The number of ether oxygens (including phenoxy) is 2. The summed E-state index contributed by atoms with van der Waals surface area (Å²) in [7, 11) is 0. The predicted octanol–water partition coefficient (Wildman–Crippen LogP) is 4.23. The Balaban J connectivity index is 1.59. The minimum absolute atomic E-state index is 0.202. The lowest BCUT2D eigenvalue weighted by Gasteiger charge is -2.16. The fourth-order valence-corrected chi connectivity index (χ4v) is 3.02. The lowest BCUT2D eigenvalue weighted by molar-refractivity contribution is 0.0165. The van der Waals surface area contributed by atoms with E-state index in [1.54, 1.807) is 6.07 Å². The highest BCUT2D eigenvalue weighted by molar-refractivity contribution is 6.35. The first kappa shape index (κ1) is 17.0. The number of hydrogen-bond donors (Lipinski definition) is 1. The molecule has 1 aliphatic rings. The molecule has 21 heavy (non-hydrogen) atoms. The maximum Gasteiger partial charge on any atom is 0.0809 e. The molecule has 1 N–H and O–H groups in total. The van der Waals surface area contributed by atoms with Crippen molar-refractivity contribution in [3.63, 3.8) is 0 Å². The fourth-order valence-electron chi connectivity index (χ4n) is 2.45. The van der Waals surface area contributed by atoms with Crippen LogP contribution in [0.3, 0.4) is 0 Å². The van der Waals surface area contributed by atoms with Gasteiger partial charge in [0.15, 0.2) is 0 Å². The third kappa shape index (κ3) is 5.76. The van der Waals surface area contributed by atoms with Crippen molar-refractivity contribution in [2.45, 2.75) is 38.3 Å². The van der Waals surface area contributed by atoms with Crippen molar-refractivity contribution in [2.75, 3.05) is 26.4 Å². The lowest BCUT2D eigenvalue weighted by atomic mass is 10.1. The van der Waals surface area contributed by atoms with E-state index in [2.05, 4.69) is 12.2 Å². The first-order valence-corrected chi connectivity index (χ1v) is 8.30. The van der Waals surface area contributed by atoms with Crippen LogP contribution in [0.4, 0.5) is 0 Å². The predicted molar refractivity (Wildman–Crippen MR) is 87.3 cm³/mol. The highest BCUT2D eigenvalue weighted by Crippen LogP contribution is 2.25. The molecule has 118 valence electrons. The summed E-state index contributed by atoms with van der Waals surface area (Å²) in [5, 5.41) is 4.82. The van der Waals surface area contributed by atoms with Crippen molar-refractivity contribution >= 4 is 23.2 Å².